The second-order valence-corrected chi connectivity index (χ2v) is 9.94. The van der Waals surface area contributed by atoms with E-state index in [2.05, 4.69) is 35.0 Å². The monoisotopic (exact) mass is 498 g/mol. The Bertz CT molecular complexity index is 1280. The highest BCUT2D eigenvalue weighted by atomic mass is 35.5. The molecular formula is C31H31ClN2O2. The second-order valence-electron chi connectivity index (χ2n) is 9.51. The highest BCUT2D eigenvalue weighted by Crippen LogP contribution is 2.33. The van der Waals surface area contributed by atoms with E-state index in [1.165, 1.54) is 0 Å². The van der Waals surface area contributed by atoms with Gasteiger partial charge in [-0.1, -0.05) is 60.1 Å². The van der Waals surface area contributed by atoms with Crippen LogP contribution in [0.3, 0.4) is 0 Å². The average Bonchev–Trinajstić information content (AvgIpc) is 2.92. The summed E-state index contributed by atoms with van der Waals surface area (Å²) < 4.78 is 6.12. The van der Waals surface area contributed by atoms with Crippen molar-refractivity contribution in [2.45, 2.75) is 25.4 Å². The summed E-state index contributed by atoms with van der Waals surface area (Å²) in [5, 5.41) is 11.8. The van der Waals surface area contributed by atoms with Crippen molar-refractivity contribution >= 4 is 11.6 Å². The number of nitrogens with zero attached hydrogens (tertiary/aromatic N) is 2. The standard InChI is InChI=1S/C31H31ClN2O2/c1-23-21-25(29-13-9-26(22-33-29)24-7-11-28(32)12-8-24)10-14-30(23)36-20-19-34-17-15-31(35,16-18-34)27-5-3-2-4-6-27/h2-14,21-22,35H,15-20H2,1H3. The maximum absolute atomic E-state index is 11.0. The molecule has 1 aliphatic rings. The number of halogens is 1. The molecule has 1 aromatic heterocycles. The van der Waals surface area contributed by atoms with Gasteiger partial charge in [-0.3, -0.25) is 9.88 Å². The molecule has 5 heteroatoms. The van der Waals surface area contributed by atoms with Crippen LogP contribution in [0.5, 0.6) is 5.75 Å². The molecule has 3 aromatic carbocycles. The summed E-state index contributed by atoms with van der Waals surface area (Å²) in [7, 11) is 0. The average molecular weight is 499 g/mol. The maximum Gasteiger partial charge on any atom is 0.122 e. The van der Waals surface area contributed by atoms with E-state index in [0.717, 1.165) is 76.8 Å². The van der Waals surface area contributed by atoms with Gasteiger partial charge in [-0.25, -0.2) is 0 Å². The molecule has 1 N–H and O–H groups in total. The number of aromatic nitrogens is 1. The van der Waals surface area contributed by atoms with Crippen LogP contribution in [0.15, 0.2) is 91.1 Å². The van der Waals surface area contributed by atoms with Crippen LogP contribution in [0.2, 0.25) is 5.02 Å². The minimum Gasteiger partial charge on any atom is -0.492 e. The van der Waals surface area contributed by atoms with Gasteiger partial charge < -0.3 is 9.84 Å². The van der Waals surface area contributed by atoms with Crippen LogP contribution in [0, 0.1) is 6.92 Å². The lowest BCUT2D eigenvalue weighted by Gasteiger charge is -2.38. The molecule has 1 fully saturated rings. The third-order valence-corrected chi connectivity index (χ3v) is 7.32. The van der Waals surface area contributed by atoms with Crippen molar-refractivity contribution < 1.29 is 9.84 Å². The summed E-state index contributed by atoms with van der Waals surface area (Å²) in [5.41, 5.74) is 5.55. The van der Waals surface area contributed by atoms with Crippen molar-refractivity contribution in [2.75, 3.05) is 26.2 Å². The van der Waals surface area contributed by atoms with Gasteiger partial charge >= 0.3 is 0 Å². The smallest absolute Gasteiger partial charge is 0.122 e. The van der Waals surface area contributed by atoms with Crippen LogP contribution < -0.4 is 4.74 Å². The Hall–Kier alpha value is -3.18. The lowest BCUT2D eigenvalue weighted by Crippen LogP contribution is -2.43. The first-order valence-corrected chi connectivity index (χ1v) is 12.8. The Labute approximate surface area is 218 Å². The van der Waals surface area contributed by atoms with Crippen LogP contribution >= 0.6 is 11.6 Å². The first kappa shape index (κ1) is 24.5. The van der Waals surface area contributed by atoms with Gasteiger partial charge in [0.2, 0.25) is 0 Å². The van der Waals surface area contributed by atoms with Crippen molar-refractivity contribution in [1.29, 1.82) is 0 Å². The summed E-state index contributed by atoms with van der Waals surface area (Å²) in [4.78, 5) is 7.04. The SMILES string of the molecule is Cc1cc(-c2ccc(-c3ccc(Cl)cc3)cn2)ccc1OCCN1CCC(O)(c2ccccc2)CC1. The molecule has 0 radical (unpaired) electrons. The Balaban J connectivity index is 1.14. The van der Waals surface area contributed by atoms with E-state index in [1.807, 2.05) is 72.9 Å². The molecule has 1 saturated heterocycles. The molecular weight excluding hydrogens is 468 g/mol. The molecule has 1 aliphatic heterocycles. The lowest BCUT2D eigenvalue weighted by molar-refractivity contribution is -0.0278. The zero-order chi connectivity index (χ0) is 25.0. The molecule has 0 aliphatic carbocycles. The fourth-order valence-corrected chi connectivity index (χ4v) is 4.94. The quantitative estimate of drug-likeness (QED) is 0.306. The molecule has 4 aromatic rings. The number of likely N-dealkylation sites (tertiary alicyclic amines) is 1. The van der Waals surface area contributed by atoms with Crippen molar-refractivity contribution in [1.82, 2.24) is 9.88 Å². The number of piperidine rings is 1. The highest BCUT2D eigenvalue weighted by molar-refractivity contribution is 6.30. The molecule has 4 nitrogen and oxygen atoms in total. The largest absolute Gasteiger partial charge is 0.492 e. The molecule has 184 valence electrons. The van der Waals surface area contributed by atoms with Crippen molar-refractivity contribution in [3.63, 3.8) is 0 Å². The lowest BCUT2D eigenvalue weighted by atomic mass is 9.84. The molecule has 2 heterocycles. The minimum atomic E-state index is -0.716. The van der Waals surface area contributed by atoms with Gasteiger partial charge in [0.15, 0.2) is 0 Å². The van der Waals surface area contributed by atoms with E-state index in [1.54, 1.807) is 0 Å². The van der Waals surface area contributed by atoms with E-state index < -0.39 is 5.60 Å². The van der Waals surface area contributed by atoms with Crippen LogP contribution in [0.1, 0.15) is 24.0 Å². The Morgan fingerprint density at radius 1 is 0.889 bits per heavy atom. The van der Waals surface area contributed by atoms with Crippen LogP contribution in [-0.4, -0.2) is 41.2 Å². The highest BCUT2D eigenvalue weighted by Gasteiger charge is 2.33. The molecule has 0 atom stereocenters. The van der Waals surface area contributed by atoms with Crippen molar-refractivity contribution in [2.24, 2.45) is 0 Å². The molecule has 0 saturated carbocycles. The summed E-state index contributed by atoms with van der Waals surface area (Å²) >= 11 is 6.00. The van der Waals surface area contributed by atoms with Crippen LogP contribution in [0.25, 0.3) is 22.4 Å². The number of aryl methyl sites for hydroxylation is 1. The molecule has 0 amide bonds. The zero-order valence-electron chi connectivity index (χ0n) is 20.5. The van der Waals surface area contributed by atoms with Crippen LogP contribution in [-0.2, 0) is 5.60 Å². The zero-order valence-corrected chi connectivity index (χ0v) is 21.3. The second kappa shape index (κ2) is 10.8. The van der Waals surface area contributed by atoms with Crippen molar-refractivity contribution in [3.8, 4) is 28.1 Å². The van der Waals surface area contributed by atoms with Gasteiger partial charge in [-0.15, -0.1) is 0 Å². The fourth-order valence-electron chi connectivity index (χ4n) is 4.82. The predicted molar refractivity (Wildman–Crippen MR) is 146 cm³/mol. The van der Waals surface area contributed by atoms with E-state index in [0.29, 0.717) is 6.61 Å². The van der Waals surface area contributed by atoms with Gasteiger partial charge in [0.25, 0.3) is 0 Å². The first-order chi connectivity index (χ1) is 17.5. The number of hydrogen-bond donors (Lipinski definition) is 1. The summed E-state index contributed by atoms with van der Waals surface area (Å²) in [5.74, 6) is 0.898. The number of rotatable bonds is 7. The Morgan fingerprint density at radius 3 is 2.25 bits per heavy atom. The third-order valence-electron chi connectivity index (χ3n) is 7.07. The molecule has 36 heavy (non-hydrogen) atoms. The maximum atomic E-state index is 11.0. The molecule has 0 bridgehead atoms. The molecule has 5 rings (SSSR count). The Morgan fingerprint density at radius 2 is 1.58 bits per heavy atom. The number of pyridine rings is 1. The third kappa shape index (κ3) is 5.62. The van der Waals surface area contributed by atoms with E-state index in [4.69, 9.17) is 16.3 Å². The van der Waals surface area contributed by atoms with Gasteiger partial charge in [-0.05, 0) is 72.9 Å². The topological polar surface area (TPSA) is 45.6 Å². The number of aliphatic hydroxyl groups is 1. The number of benzene rings is 3. The van der Waals surface area contributed by atoms with Gasteiger partial charge in [0.1, 0.15) is 12.4 Å². The molecule has 0 unspecified atom stereocenters. The van der Waals surface area contributed by atoms with E-state index in [-0.39, 0.29) is 0 Å². The Kier molecular flexibility index (Phi) is 7.38. The summed E-state index contributed by atoms with van der Waals surface area (Å²) in [6.45, 7) is 5.27. The fraction of sp³-hybridized carbons (Fsp3) is 0.258. The minimum absolute atomic E-state index is 0.623. The van der Waals surface area contributed by atoms with Crippen molar-refractivity contribution in [3.05, 3.63) is 107 Å². The normalized spacial score (nSPS) is 15.5. The summed E-state index contributed by atoms with van der Waals surface area (Å²) in [6, 6.07) is 28.2. The summed E-state index contributed by atoms with van der Waals surface area (Å²) in [6.07, 6.45) is 3.39. The number of hydrogen-bond acceptors (Lipinski definition) is 4. The van der Waals surface area contributed by atoms with Gasteiger partial charge in [0, 0.05) is 42.0 Å². The van der Waals surface area contributed by atoms with Gasteiger partial charge in [-0.2, -0.15) is 0 Å². The molecule has 0 spiro atoms. The first-order valence-electron chi connectivity index (χ1n) is 12.5. The number of ether oxygens (including phenoxy) is 1. The van der Waals surface area contributed by atoms with E-state index >= 15 is 0 Å². The van der Waals surface area contributed by atoms with Crippen LogP contribution in [0.4, 0.5) is 0 Å². The van der Waals surface area contributed by atoms with Gasteiger partial charge in [0.05, 0.1) is 11.3 Å². The predicted octanol–water partition coefficient (Wildman–Crippen LogP) is 6.74. The van der Waals surface area contributed by atoms with E-state index in [9.17, 15) is 5.11 Å².